The molecule has 0 aliphatic heterocycles. The van der Waals surface area contributed by atoms with Crippen molar-refractivity contribution in [1.29, 1.82) is 0 Å². The SMILES string of the molecule is O=C(CSc1ccccc1)N/N=C\c1ccccc1Oc1cccc(Br)c1. The fourth-order valence-corrected chi connectivity index (χ4v) is 3.30. The highest BCUT2D eigenvalue weighted by molar-refractivity contribution is 9.10. The molecule has 0 heterocycles. The molecule has 4 nitrogen and oxygen atoms in total. The minimum atomic E-state index is -0.162. The number of benzene rings is 3. The topological polar surface area (TPSA) is 50.7 Å². The molecule has 27 heavy (non-hydrogen) atoms. The average molecular weight is 441 g/mol. The maximum absolute atomic E-state index is 11.9. The largest absolute Gasteiger partial charge is 0.457 e. The molecule has 3 aromatic carbocycles. The molecule has 3 aromatic rings. The van der Waals surface area contributed by atoms with Gasteiger partial charge in [-0.05, 0) is 42.5 Å². The van der Waals surface area contributed by atoms with Crippen molar-refractivity contribution in [3.63, 3.8) is 0 Å². The second-order valence-corrected chi connectivity index (χ2v) is 7.46. The normalized spacial score (nSPS) is 10.7. The van der Waals surface area contributed by atoms with Gasteiger partial charge in [-0.15, -0.1) is 11.8 Å². The van der Waals surface area contributed by atoms with E-state index in [9.17, 15) is 4.79 Å². The van der Waals surface area contributed by atoms with Gasteiger partial charge >= 0.3 is 0 Å². The zero-order valence-electron chi connectivity index (χ0n) is 14.3. The molecule has 0 saturated heterocycles. The maximum Gasteiger partial charge on any atom is 0.250 e. The minimum Gasteiger partial charge on any atom is -0.457 e. The lowest BCUT2D eigenvalue weighted by molar-refractivity contribution is -0.118. The van der Waals surface area contributed by atoms with E-state index in [-0.39, 0.29) is 5.91 Å². The van der Waals surface area contributed by atoms with Crippen LogP contribution in [0.2, 0.25) is 0 Å². The molecule has 0 unspecified atom stereocenters. The summed E-state index contributed by atoms with van der Waals surface area (Å²) in [7, 11) is 0. The average Bonchev–Trinajstić information content (AvgIpc) is 2.69. The Morgan fingerprint density at radius 2 is 1.81 bits per heavy atom. The van der Waals surface area contributed by atoms with Crippen LogP contribution in [-0.4, -0.2) is 17.9 Å². The Labute approximate surface area is 170 Å². The summed E-state index contributed by atoms with van der Waals surface area (Å²) in [6, 6.07) is 24.9. The van der Waals surface area contributed by atoms with Gasteiger partial charge in [0.15, 0.2) is 0 Å². The maximum atomic E-state index is 11.9. The van der Waals surface area contributed by atoms with E-state index in [1.807, 2.05) is 78.9 Å². The summed E-state index contributed by atoms with van der Waals surface area (Å²) in [5.74, 6) is 1.52. The fraction of sp³-hybridized carbons (Fsp3) is 0.0476. The van der Waals surface area contributed by atoms with Crippen molar-refractivity contribution in [2.45, 2.75) is 4.90 Å². The van der Waals surface area contributed by atoms with E-state index in [0.717, 1.165) is 14.9 Å². The van der Waals surface area contributed by atoms with Crippen LogP contribution in [0.25, 0.3) is 0 Å². The molecule has 0 spiro atoms. The van der Waals surface area contributed by atoms with Gasteiger partial charge in [-0.3, -0.25) is 4.79 Å². The van der Waals surface area contributed by atoms with Gasteiger partial charge in [-0.1, -0.05) is 52.3 Å². The first-order valence-electron chi connectivity index (χ1n) is 8.23. The van der Waals surface area contributed by atoms with Crippen LogP contribution >= 0.6 is 27.7 Å². The van der Waals surface area contributed by atoms with Gasteiger partial charge in [0, 0.05) is 14.9 Å². The molecule has 0 aliphatic rings. The summed E-state index contributed by atoms with van der Waals surface area (Å²) in [6.07, 6.45) is 1.58. The molecule has 0 radical (unpaired) electrons. The van der Waals surface area contributed by atoms with Gasteiger partial charge in [-0.25, -0.2) is 5.43 Å². The third kappa shape index (κ3) is 6.27. The quantitative estimate of drug-likeness (QED) is 0.300. The molecule has 0 bridgehead atoms. The summed E-state index contributed by atoms with van der Waals surface area (Å²) in [5.41, 5.74) is 3.32. The smallest absolute Gasteiger partial charge is 0.250 e. The lowest BCUT2D eigenvalue weighted by Crippen LogP contribution is -2.19. The van der Waals surface area contributed by atoms with E-state index in [4.69, 9.17) is 4.74 Å². The highest BCUT2D eigenvalue weighted by Crippen LogP contribution is 2.26. The number of rotatable bonds is 7. The molecule has 3 rings (SSSR count). The van der Waals surface area contributed by atoms with Crippen LogP contribution in [0, 0.1) is 0 Å². The van der Waals surface area contributed by atoms with Crippen molar-refractivity contribution >= 4 is 39.8 Å². The van der Waals surface area contributed by atoms with Crippen molar-refractivity contribution in [2.75, 3.05) is 5.75 Å². The summed E-state index contributed by atoms with van der Waals surface area (Å²) in [5, 5.41) is 4.05. The number of amides is 1. The number of ether oxygens (including phenoxy) is 1. The van der Waals surface area contributed by atoms with Gasteiger partial charge in [0.2, 0.25) is 5.91 Å². The van der Waals surface area contributed by atoms with Crippen LogP contribution in [0.3, 0.4) is 0 Å². The molecule has 6 heteroatoms. The van der Waals surface area contributed by atoms with Crippen LogP contribution in [0.1, 0.15) is 5.56 Å². The third-order valence-corrected chi connectivity index (χ3v) is 4.95. The minimum absolute atomic E-state index is 0.162. The predicted molar refractivity (Wildman–Crippen MR) is 114 cm³/mol. The molecule has 0 saturated carbocycles. The number of carbonyl (C=O) groups excluding carboxylic acids is 1. The molecule has 0 atom stereocenters. The van der Waals surface area contributed by atoms with Gasteiger partial charge in [0.05, 0.1) is 12.0 Å². The van der Waals surface area contributed by atoms with Crippen molar-refractivity contribution in [3.8, 4) is 11.5 Å². The number of hydrogen-bond donors (Lipinski definition) is 1. The molecule has 0 aromatic heterocycles. The van der Waals surface area contributed by atoms with Gasteiger partial charge in [0.1, 0.15) is 11.5 Å². The summed E-state index contributed by atoms with van der Waals surface area (Å²) >= 11 is 4.89. The van der Waals surface area contributed by atoms with Crippen molar-refractivity contribution < 1.29 is 9.53 Å². The van der Waals surface area contributed by atoms with E-state index < -0.39 is 0 Å². The molecule has 1 amide bonds. The van der Waals surface area contributed by atoms with E-state index in [1.54, 1.807) is 6.21 Å². The van der Waals surface area contributed by atoms with E-state index >= 15 is 0 Å². The zero-order valence-corrected chi connectivity index (χ0v) is 16.7. The van der Waals surface area contributed by atoms with Crippen molar-refractivity contribution in [3.05, 3.63) is 88.9 Å². The number of hydrogen-bond acceptors (Lipinski definition) is 4. The number of nitrogens with zero attached hydrogens (tertiary/aromatic N) is 1. The number of halogens is 1. The zero-order chi connectivity index (χ0) is 18.9. The Morgan fingerprint density at radius 1 is 1.04 bits per heavy atom. The van der Waals surface area contributed by atoms with Crippen LogP contribution in [-0.2, 0) is 4.79 Å². The van der Waals surface area contributed by atoms with Crippen LogP contribution in [0.4, 0.5) is 0 Å². The fourth-order valence-electron chi connectivity index (χ4n) is 2.21. The molecule has 0 fully saturated rings. The monoisotopic (exact) mass is 440 g/mol. The summed E-state index contributed by atoms with van der Waals surface area (Å²) < 4.78 is 6.85. The second kappa shape index (κ2) is 9.94. The highest BCUT2D eigenvalue weighted by Gasteiger charge is 2.04. The molecular formula is C21H17BrN2O2S. The van der Waals surface area contributed by atoms with Crippen LogP contribution < -0.4 is 10.2 Å². The first-order valence-corrected chi connectivity index (χ1v) is 10.0. The van der Waals surface area contributed by atoms with Crippen molar-refractivity contribution in [2.24, 2.45) is 5.10 Å². The first kappa shape index (κ1) is 19.2. The number of para-hydroxylation sites is 1. The Balaban J connectivity index is 1.57. The molecule has 0 aliphatic carbocycles. The van der Waals surface area contributed by atoms with E-state index in [1.165, 1.54) is 11.8 Å². The van der Waals surface area contributed by atoms with Gasteiger partial charge in [-0.2, -0.15) is 5.10 Å². The number of carbonyl (C=O) groups is 1. The third-order valence-electron chi connectivity index (χ3n) is 3.45. The molecule has 136 valence electrons. The Bertz CT molecular complexity index is 932. The lowest BCUT2D eigenvalue weighted by atomic mass is 10.2. The van der Waals surface area contributed by atoms with E-state index in [0.29, 0.717) is 17.3 Å². The summed E-state index contributed by atoms with van der Waals surface area (Å²) in [6.45, 7) is 0. The Morgan fingerprint density at radius 3 is 2.63 bits per heavy atom. The summed E-state index contributed by atoms with van der Waals surface area (Å²) in [4.78, 5) is 13.0. The van der Waals surface area contributed by atoms with Gasteiger partial charge in [0.25, 0.3) is 0 Å². The Kier molecular flexibility index (Phi) is 7.07. The van der Waals surface area contributed by atoms with Crippen LogP contribution in [0.15, 0.2) is 93.3 Å². The van der Waals surface area contributed by atoms with Crippen LogP contribution in [0.5, 0.6) is 11.5 Å². The molecular weight excluding hydrogens is 424 g/mol. The van der Waals surface area contributed by atoms with E-state index in [2.05, 4.69) is 26.5 Å². The first-order chi connectivity index (χ1) is 13.2. The second-order valence-electron chi connectivity index (χ2n) is 5.49. The highest BCUT2D eigenvalue weighted by atomic mass is 79.9. The number of hydrazone groups is 1. The van der Waals surface area contributed by atoms with Gasteiger partial charge < -0.3 is 4.74 Å². The molecule has 1 N–H and O–H groups in total. The predicted octanol–water partition coefficient (Wildman–Crippen LogP) is 5.48. The number of nitrogens with one attached hydrogen (secondary N) is 1. The Hall–Kier alpha value is -2.57. The lowest BCUT2D eigenvalue weighted by Gasteiger charge is -2.08. The number of thioether (sulfide) groups is 1. The van der Waals surface area contributed by atoms with Crippen molar-refractivity contribution in [1.82, 2.24) is 5.43 Å². The standard InChI is InChI=1S/C21H17BrN2O2S/c22-17-8-6-9-18(13-17)26-20-12-5-4-7-16(20)14-23-24-21(25)15-27-19-10-2-1-3-11-19/h1-14H,15H2,(H,24,25)/b23-14-.